The number of hydrogen-bond acceptors (Lipinski definition) is 6. The second-order valence-electron chi connectivity index (χ2n) is 9.09. The van der Waals surface area contributed by atoms with Crippen molar-refractivity contribution < 1.29 is 9.59 Å². The lowest BCUT2D eigenvalue weighted by Crippen LogP contribution is -2.49. The Morgan fingerprint density at radius 3 is 2.47 bits per heavy atom. The Hall–Kier alpha value is -3.14. The lowest BCUT2D eigenvalue weighted by molar-refractivity contribution is -0.119. The van der Waals surface area contributed by atoms with Crippen LogP contribution in [0.15, 0.2) is 42.5 Å². The molecule has 1 aliphatic heterocycles. The molecule has 1 atom stereocenters. The fraction of sp³-hybridized carbons (Fsp3) is 0.360. The maximum Gasteiger partial charge on any atom is 0.321 e. The number of para-hydroxylation sites is 1. The molecule has 0 saturated carbocycles. The van der Waals surface area contributed by atoms with Crippen LogP contribution in [0.3, 0.4) is 0 Å². The number of nitrogens with two attached hydrogens (primary N) is 1. The number of benzene rings is 2. The van der Waals surface area contributed by atoms with Crippen molar-refractivity contribution in [2.45, 2.75) is 26.4 Å². The molecule has 0 aliphatic carbocycles. The van der Waals surface area contributed by atoms with Crippen molar-refractivity contribution in [2.75, 3.05) is 36.8 Å². The predicted octanol–water partition coefficient (Wildman–Crippen LogP) is 4.21. The number of halogens is 2. The summed E-state index contributed by atoms with van der Waals surface area (Å²) in [5.74, 6) is 0.791. The van der Waals surface area contributed by atoms with E-state index in [1.807, 2.05) is 38.1 Å². The Labute approximate surface area is 220 Å². The number of urea groups is 1. The molecule has 0 radical (unpaired) electrons. The summed E-state index contributed by atoms with van der Waals surface area (Å²) in [7, 11) is 0. The molecule has 1 aromatic heterocycles. The van der Waals surface area contributed by atoms with Crippen molar-refractivity contribution in [3.05, 3.63) is 58.3 Å². The van der Waals surface area contributed by atoms with Gasteiger partial charge in [-0.25, -0.2) is 14.8 Å². The van der Waals surface area contributed by atoms with Gasteiger partial charge in [0, 0.05) is 36.6 Å². The van der Waals surface area contributed by atoms with Gasteiger partial charge in [-0.1, -0.05) is 49.2 Å². The van der Waals surface area contributed by atoms with E-state index in [4.69, 9.17) is 38.9 Å². The zero-order valence-corrected chi connectivity index (χ0v) is 21.7. The standard InChI is InChI=1S/C25H29Cl2N7O2/c1-15(2)22(23(28)35)32-24-17-5-3-4-6-19(17)29-21(31-24)14-33-9-11-34(12-10-33)25(36)30-20-13-16(26)7-8-18(20)27/h3-8,13,15,22H,9-12,14H2,1-2H3,(H2,28,35)(H,30,36)(H,29,31,32)/t22-/m0/s1. The van der Waals surface area contributed by atoms with Crippen LogP contribution in [-0.4, -0.2) is 63.9 Å². The smallest absolute Gasteiger partial charge is 0.321 e. The molecule has 3 aromatic rings. The second-order valence-corrected chi connectivity index (χ2v) is 9.94. The van der Waals surface area contributed by atoms with Crippen molar-refractivity contribution in [3.63, 3.8) is 0 Å². The summed E-state index contributed by atoms with van der Waals surface area (Å²) in [4.78, 5) is 38.1. The zero-order valence-electron chi connectivity index (χ0n) is 20.2. The lowest BCUT2D eigenvalue weighted by Gasteiger charge is -2.34. The summed E-state index contributed by atoms with van der Waals surface area (Å²) in [6.45, 7) is 6.78. The van der Waals surface area contributed by atoms with E-state index in [-0.39, 0.29) is 11.9 Å². The average Bonchev–Trinajstić information content (AvgIpc) is 2.84. The van der Waals surface area contributed by atoms with Crippen molar-refractivity contribution in [1.29, 1.82) is 0 Å². The highest BCUT2D eigenvalue weighted by atomic mass is 35.5. The van der Waals surface area contributed by atoms with Crippen LogP contribution in [0, 0.1) is 5.92 Å². The third-order valence-electron chi connectivity index (χ3n) is 6.11. The van der Waals surface area contributed by atoms with Crippen LogP contribution >= 0.6 is 23.2 Å². The molecule has 0 unspecified atom stereocenters. The molecule has 0 bridgehead atoms. The van der Waals surface area contributed by atoms with Gasteiger partial charge in [0.25, 0.3) is 0 Å². The number of aromatic nitrogens is 2. The van der Waals surface area contributed by atoms with Gasteiger partial charge >= 0.3 is 6.03 Å². The number of rotatable bonds is 7. The normalized spacial score (nSPS) is 15.2. The zero-order chi connectivity index (χ0) is 25.8. The molecular formula is C25H29Cl2N7O2. The summed E-state index contributed by atoms with van der Waals surface area (Å²) < 4.78 is 0. The minimum Gasteiger partial charge on any atom is -0.368 e. The summed E-state index contributed by atoms with van der Waals surface area (Å²) in [6.07, 6.45) is 0. The summed E-state index contributed by atoms with van der Waals surface area (Å²) in [5.41, 5.74) is 6.88. The molecule has 36 heavy (non-hydrogen) atoms. The maximum atomic E-state index is 12.7. The Bertz CT molecular complexity index is 1260. The number of fused-ring (bicyclic) bond motifs is 1. The number of hydrogen-bond donors (Lipinski definition) is 3. The number of anilines is 2. The number of amides is 3. The topological polar surface area (TPSA) is 116 Å². The van der Waals surface area contributed by atoms with Crippen LogP contribution in [0.25, 0.3) is 10.9 Å². The van der Waals surface area contributed by atoms with Crippen LogP contribution in [-0.2, 0) is 11.3 Å². The van der Waals surface area contributed by atoms with Crippen LogP contribution in [0.4, 0.5) is 16.3 Å². The summed E-state index contributed by atoms with van der Waals surface area (Å²) in [5, 5.41) is 7.82. The van der Waals surface area contributed by atoms with Gasteiger partial charge in [0.2, 0.25) is 5.91 Å². The Morgan fingerprint density at radius 2 is 1.78 bits per heavy atom. The molecule has 4 N–H and O–H groups in total. The third-order valence-corrected chi connectivity index (χ3v) is 6.67. The first-order chi connectivity index (χ1) is 17.2. The average molecular weight is 530 g/mol. The molecule has 2 aromatic carbocycles. The molecule has 2 heterocycles. The molecule has 1 fully saturated rings. The number of nitrogens with one attached hydrogen (secondary N) is 2. The number of carbonyl (C=O) groups is 2. The van der Waals surface area contributed by atoms with Crippen molar-refractivity contribution >= 4 is 57.5 Å². The molecule has 190 valence electrons. The molecule has 4 rings (SSSR count). The van der Waals surface area contributed by atoms with Gasteiger partial charge in [0.15, 0.2) is 0 Å². The first-order valence-corrected chi connectivity index (χ1v) is 12.5. The number of carbonyl (C=O) groups excluding carboxylic acids is 2. The first kappa shape index (κ1) is 25.9. The van der Waals surface area contributed by atoms with Crippen molar-refractivity contribution in [3.8, 4) is 0 Å². The molecule has 1 aliphatic rings. The Kier molecular flexibility index (Phi) is 8.13. The van der Waals surface area contributed by atoms with E-state index in [2.05, 4.69) is 15.5 Å². The van der Waals surface area contributed by atoms with Crippen molar-refractivity contribution in [2.24, 2.45) is 11.7 Å². The van der Waals surface area contributed by atoms with Gasteiger partial charge in [0.05, 0.1) is 22.8 Å². The van der Waals surface area contributed by atoms with E-state index in [0.29, 0.717) is 60.1 Å². The van der Waals surface area contributed by atoms with Crippen LogP contribution in [0.1, 0.15) is 19.7 Å². The van der Waals surface area contributed by atoms with Crippen LogP contribution in [0.2, 0.25) is 10.0 Å². The van der Waals surface area contributed by atoms with E-state index in [0.717, 1.165) is 10.9 Å². The largest absolute Gasteiger partial charge is 0.368 e. The highest BCUT2D eigenvalue weighted by Gasteiger charge is 2.24. The summed E-state index contributed by atoms with van der Waals surface area (Å²) >= 11 is 12.2. The minimum atomic E-state index is -0.550. The highest BCUT2D eigenvalue weighted by molar-refractivity contribution is 6.35. The third kappa shape index (κ3) is 6.16. The Morgan fingerprint density at radius 1 is 1.06 bits per heavy atom. The van der Waals surface area contributed by atoms with Gasteiger partial charge in [-0.05, 0) is 36.2 Å². The molecular weight excluding hydrogens is 501 g/mol. The van der Waals surface area contributed by atoms with E-state index >= 15 is 0 Å². The SMILES string of the molecule is CC(C)[C@H](Nc1nc(CN2CCN(C(=O)Nc3cc(Cl)ccc3Cl)CC2)nc2ccccc12)C(N)=O. The highest BCUT2D eigenvalue weighted by Crippen LogP contribution is 2.26. The molecule has 0 spiro atoms. The predicted molar refractivity (Wildman–Crippen MR) is 143 cm³/mol. The lowest BCUT2D eigenvalue weighted by atomic mass is 10.0. The van der Waals surface area contributed by atoms with Gasteiger partial charge in [-0.15, -0.1) is 0 Å². The first-order valence-electron chi connectivity index (χ1n) is 11.8. The molecule has 1 saturated heterocycles. The number of primary amides is 1. The molecule has 9 nitrogen and oxygen atoms in total. The van der Waals surface area contributed by atoms with Gasteiger partial charge in [-0.2, -0.15) is 0 Å². The quantitative estimate of drug-likeness (QED) is 0.422. The monoisotopic (exact) mass is 529 g/mol. The van der Waals surface area contributed by atoms with Crippen LogP contribution < -0.4 is 16.4 Å². The van der Waals surface area contributed by atoms with E-state index in [1.165, 1.54) is 0 Å². The fourth-order valence-corrected chi connectivity index (χ4v) is 4.45. The molecule has 3 amide bonds. The summed E-state index contributed by atoms with van der Waals surface area (Å²) in [6, 6.07) is 11.8. The Balaban J connectivity index is 1.43. The van der Waals surface area contributed by atoms with E-state index in [1.54, 1.807) is 23.1 Å². The van der Waals surface area contributed by atoms with Gasteiger partial charge < -0.3 is 21.3 Å². The fourth-order valence-electron chi connectivity index (χ4n) is 4.12. The van der Waals surface area contributed by atoms with Crippen LogP contribution in [0.5, 0.6) is 0 Å². The number of nitrogens with zero attached hydrogens (tertiary/aromatic N) is 4. The second kappa shape index (κ2) is 11.3. The van der Waals surface area contributed by atoms with Gasteiger partial charge in [-0.3, -0.25) is 9.69 Å². The van der Waals surface area contributed by atoms with E-state index < -0.39 is 11.9 Å². The van der Waals surface area contributed by atoms with Crippen molar-refractivity contribution in [1.82, 2.24) is 19.8 Å². The molecule has 11 heteroatoms. The van der Waals surface area contributed by atoms with Gasteiger partial charge in [0.1, 0.15) is 17.7 Å². The number of piperazine rings is 1. The minimum absolute atomic E-state index is 0.000643. The van der Waals surface area contributed by atoms with E-state index in [9.17, 15) is 9.59 Å². The maximum absolute atomic E-state index is 12.7.